The monoisotopic (exact) mass is 349 g/mol. The van der Waals surface area contributed by atoms with E-state index in [1.807, 2.05) is 25.1 Å². The largest absolute Gasteiger partial charge is 0.495 e. The molecule has 1 heterocycles. The van der Waals surface area contributed by atoms with E-state index in [4.69, 9.17) is 4.74 Å². The van der Waals surface area contributed by atoms with Gasteiger partial charge in [0.15, 0.2) is 6.54 Å². The fraction of sp³-hybridized carbons (Fsp3) is 0.556. The first kappa shape index (κ1) is 19.1. The molecule has 1 saturated heterocycles. The van der Waals surface area contributed by atoms with Crippen LogP contribution in [0.15, 0.2) is 24.3 Å². The maximum atomic E-state index is 12.1. The van der Waals surface area contributed by atoms with Crippen LogP contribution in [0.25, 0.3) is 0 Å². The second kappa shape index (κ2) is 9.27. The van der Waals surface area contributed by atoms with Crippen molar-refractivity contribution in [3.8, 4) is 5.75 Å². The first-order valence-corrected chi connectivity index (χ1v) is 8.83. The molecule has 2 rings (SSSR count). The van der Waals surface area contributed by atoms with E-state index in [2.05, 4.69) is 21.6 Å². The average molecular weight is 349 g/mol. The molecule has 1 fully saturated rings. The van der Waals surface area contributed by atoms with Gasteiger partial charge in [0.2, 0.25) is 5.91 Å². The van der Waals surface area contributed by atoms with Crippen molar-refractivity contribution in [3.63, 3.8) is 0 Å². The van der Waals surface area contributed by atoms with Gasteiger partial charge in [0, 0.05) is 6.54 Å². The molecule has 0 radical (unpaired) electrons. The number of anilines is 1. The molecule has 1 aromatic rings. The Morgan fingerprint density at radius 1 is 1.28 bits per heavy atom. The Labute approximate surface area is 149 Å². The lowest BCUT2D eigenvalue weighted by molar-refractivity contribution is -0.892. The predicted molar refractivity (Wildman–Crippen MR) is 97.1 cm³/mol. The molecule has 1 atom stereocenters. The van der Waals surface area contributed by atoms with E-state index in [0.717, 1.165) is 37.6 Å². The summed E-state index contributed by atoms with van der Waals surface area (Å²) in [6, 6.07) is 7.49. The molecule has 0 bridgehead atoms. The highest BCUT2D eigenvalue weighted by Gasteiger charge is 2.25. The number of hydrogen-bond acceptors (Lipinski definition) is 4. The Balaban J connectivity index is 1.80. The van der Waals surface area contributed by atoms with Gasteiger partial charge in [-0.3, -0.25) is 9.59 Å². The van der Waals surface area contributed by atoms with Crippen LogP contribution in [0.2, 0.25) is 0 Å². The standard InChI is InChI=1S/C18H28N4O3/c1-4-19-18(24)14(2)20-17(23)13-21-9-11-22(12-10-21)15-7-5-6-8-16(15)25-3/h5-8,14H,4,9-13H2,1-3H3,(H,19,24)(H,20,23)/p+1/t14-/m0/s1. The highest BCUT2D eigenvalue weighted by atomic mass is 16.5. The summed E-state index contributed by atoms with van der Waals surface area (Å²) in [5, 5.41) is 5.48. The predicted octanol–water partition coefficient (Wildman–Crippen LogP) is -0.959. The van der Waals surface area contributed by atoms with E-state index >= 15 is 0 Å². The molecule has 1 aromatic carbocycles. The van der Waals surface area contributed by atoms with Crippen molar-refractivity contribution in [3.05, 3.63) is 24.3 Å². The molecule has 138 valence electrons. The van der Waals surface area contributed by atoms with Gasteiger partial charge in [0.25, 0.3) is 5.91 Å². The molecule has 3 N–H and O–H groups in total. The number of ether oxygens (including phenoxy) is 1. The van der Waals surface area contributed by atoms with E-state index in [9.17, 15) is 9.59 Å². The molecule has 7 heteroatoms. The lowest BCUT2D eigenvalue weighted by Gasteiger charge is -2.34. The van der Waals surface area contributed by atoms with Crippen molar-refractivity contribution in [2.75, 3.05) is 51.3 Å². The lowest BCUT2D eigenvalue weighted by atomic mass is 10.2. The van der Waals surface area contributed by atoms with Crippen molar-refractivity contribution in [2.24, 2.45) is 0 Å². The molecule has 0 saturated carbocycles. The van der Waals surface area contributed by atoms with E-state index in [0.29, 0.717) is 13.1 Å². The Morgan fingerprint density at radius 2 is 1.96 bits per heavy atom. The quantitative estimate of drug-likeness (QED) is 0.593. The summed E-state index contributed by atoms with van der Waals surface area (Å²) < 4.78 is 5.43. The van der Waals surface area contributed by atoms with Gasteiger partial charge in [-0.25, -0.2) is 0 Å². The number of methoxy groups -OCH3 is 1. The third-order valence-corrected chi connectivity index (χ3v) is 4.43. The molecular weight excluding hydrogens is 320 g/mol. The number of amides is 2. The Bertz CT molecular complexity index is 585. The summed E-state index contributed by atoms with van der Waals surface area (Å²) >= 11 is 0. The molecule has 25 heavy (non-hydrogen) atoms. The molecule has 0 unspecified atom stereocenters. The maximum absolute atomic E-state index is 12.1. The topological polar surface area (TPSA) is 75.1 Å². The van der Waals surface area contributed by atoms with Crippen LogP contribution in [0, 0.1) is 0 Å². The smallest absolute Gasteiger partial charge is 0.275 e. The number of carbonyl (C=O) groups excluding carboxylic acids is 2. The number of para-hydroxylation sites is 2. The molecule has 1 aliphatic rings. The van der Waals surface area contributed by atoms with Crippen molar-refractivity contribution in [1.29, 1.82) is 0 Å². The maximum Gasteiger partial charge on any atom is 0.275 e. The number of rotatable bonds is 7. The van der Waals surface area contributed by atoms with E-state index in [1.165, 1.54) is 4.90 Å². The van der Waals surface area contributed by atoms with Gasteiger partial charge in [-0.2, -0.15) is 0 Å². The zero-order valence-corrected chi connectivity index (χ0v) is 15.3. The minimum Gasteiger partial charge on any atom is -0.495 e. The zero-order chi connectivity index (χ0) is 18.2. The van der Waals surface area contributed by atoms with Crippen LogP contribution in [-0.2, 0) is 9.59 Å². The SMILES string of the molecule is CCNC(=O)[C@H](C)NC(=O)C[NH+]1CCN(c2ccccc2OC)CC1. The third kappa shape index (κ3) is 5.35. The minimum atomic E-state index is -0.498. The second-order valence-electron chi connectivity index (χ2n) is 6.27. The lowest BCUT2D eigenvalue weighted by Crippen LogP contribution is -3.16. The van der Waals surface area contributed by atoms with E-state index in [-0.39, 0.29) is 11.8 Å². The number of likely N-dealkylation sites (N-methyl/N-ethyl adjacent to an activating group) is 1. The highest BCUT2D eigenvalue weighted by Crippen LogP contribution is 2.27. The van der Waals surface area contributed by atoms with Crippen LogP contribution in [0.4, 0.5) is 5.69 Å². The summed E-state index contributed by atoms with van der Waals surface area (Å²) in [7, 11) is 1.68. The minimum absolute atomic E-state index is 0.0838. The molecular formula is C18H29N4O3+. The van der Waals surface area contributed by atoms with E-state index in [1.54, 1.807) is 14.0 Å². The normalized spacial score (nSPS) is 16.2. The van der Waals surface area contributed by atoms with Gasteiger partial charge in [-0.1, -0.05) is 12.1 Å². The van der Waals surface area contributed by atoms with Crippen LogP contribution in [0.5, 0.6) is 5.75 Å². The summed E-state index contributed by atoms with van der Waals surface area (Å²) in [4.78, 5) is 27.3. The Morgan fingerprint density at radius 3 is 2.60 bits per heavy atom. The van der Waals surface area contributed by atoms with Crippen molar-refractivity contribution in [2.45, 2.75) is 19.9 Å². The van der Waals surface area contributed by atoms with Gasteiger partial charge in [-0.15, -0.1) is 0 Å². The Kier molecular flexibility index (Phi) is 7.06. The molecule has 0 aliphatic carbocycles. The van der Waals surface area contributed by atoms with Gasteiger partial charge in [-0.05, 0) is 26.0 Å². The molecule has 1 aliphatic heterocycles. The Hall–Kier alpha value is -2.28. The van der Waals surface area contributed by atoms with Crippen molar-refractivity contribution < 1.29 is 19.2 Å². The number of quaternary nitrogens is 1. The van der Waals surface area contributed by atoms with Crippen molar-refractivity contribution in [1.82, 2.24) is 10.6 Å². The summed E-state index contributed by atoms with van der Waals surface area (Å²) in [5.41, 5.74) is 1.10. The molecule has 2 amide bonds. The van der Waals surface area contributed by atoms with Gasteiger partial charge < -0.3 is 25.2 Å². The number of carbonyl (C=O) groups is 2. The number of hydrogen-bond donors (Lipinski definition) is 3. The summed E-state index contributed by atoms with van der Waals surface area (Å²) in [6.07, 6.45) is 0. The van der Waals surface area contributed by atoms with Gasteiger partial charge in [0.05, 0.1) is 39.0 Å². The number of nitrogens with one attached hydrogen (secondary N) is 3. The van der Waals surface area contributed by atoms with Crippen LogP contribution >= 0.6 is 0 Å². The molecule has 0 aromatic heterocycles. The number of nitrogens with zero attached hydrogens (tertiary/aromatic N) is 1. The van der Waals surface area contributed by atoms with Gasteiger partial charge >= 0.3 is 0 Å². The van der Waals surface area contributed by atoms with E-state index < -0.39 is 6.04 Å². The van der Waals surface area contributed by atoms with Crippen LogP contribution in [0.1, 0.15) is 13.8 Å². The summed E-state index contributed by atoms with van der Waals surface area (Å²) in [5.74, 6) is 0.644. The van der Waals surface area contributed by atoms with Crippen molar-refractivity contribution >= 4 is 17.5 Å². The van der Waals surface area contributed by atoms with Gasteiger partial charge in [0.1, 0.15) is 11.8 Å². The fourth-order valence-corrected chi connectivity index (χ4v) is 3.04. The van der Waals surface area contributed by atoms with Crippen LogP contribution in [0.3, 0.4) is 0 Å². The highest BCUT2D eigenvalue weighted by molar-refractivity contribution is 5.87. The molecule has 7 nitrogen and oxygen atoms in total. The zero-order valence-electron chi connectivity index (χ0n) is 15.3. The first-order chi connectivity index (χ1) is 12.0. The fourth-order valence-electron chi connectivity index (χ4n) is 3.04. The first-order valence-electron chi connectivity index (χ1n) is 8.83. The molecule has 0 spiro atoms. The second-order valence-corrected chi connectivity index (χ2v) is 6.27. The van der Waals surface area contributed by atoms with Crippen LogP contribution < -0.4 is 25.2 Å². The number of benzene rings is 1. The summed E-state index contributed by atoms with van der Waals surface area (Å²) in [6.45, 7) is 8.01. The average Bonchev–Trinajstić information content (AvgIpc) is 2.62. The number of piperazine rings is 1. The van der Waals surface area contributed by atoms with Crippen LogP contribution in [-0.4, -0.2) is 64.2 Å². The third-order valence-electron chi connectivity index (χ3n) is 4.43.